The first-order chi connectivity index (χ1) is 8.09. The summed E-state index contributed by atoms with van der Waals surface area (Å²) in [6.45, 7) is 0.194. The van der Waals surface area contributed by atoms with Crippen LogP contribution in [0.1, 0.15) is 32.1 Å². The van der Waals surface area contributed by atoms with E-state index in [0.717, 1.165) is 12.8 Å². The molecule has 2 fully saturated rings. The second-order valence-corrected chi connectivity index (χ2v) is 4.96. The molecule has 0 radical (unpaired) electrons. The number of aliphatic hydroxyl groups excluding tert-OH is 1. The molecule has 2 aliphatic rings. The number of carboxylic acid groups (broad SMARTS) is 1. The fourth-order valence-corrected chi connectivity index (χ4v) is 3.04. The second-order valence-electron chi connectivity index (χ2n) is 4.96. The third-order valence-electron chi connectivity index (χ3n) is 4.04. The molecule has 1 heterocycles. The highest BCUT2D eigenvalue weighted by Gasteiger charge is 2.56. The van der Waals surface area contributed by atoms with Gasteiger partial charge < -0.3 is 14.9 Å². The van der Waals surface area contributed by atoms with E-state index in [0.29, 0.717) is 12.8 Å². The second kappa shape index (κ2) is 4.74. The number of hydrogen-bond acceptors (Lipinski definition) is 4. The average Bonchev–Trinajstić information content (AvgIpc) is 2.30. The molecule has 17 heavy (non-hydrogen) atoms. The standard InChI is InChI=1S/C12H18O5/c13-9-4-2-1-3-8(9)12(11(15)16)7-17-6-5-10(12)14/h8-9,13H,1-7H2,(H,15,16). The lowest BCUT2D eigenvalue weighted by molar-refractivity contribution is -0.177. The van der Waals surface area contributed by atoms with Crippen LogP contribution in [-0.4, -0.2) is 41.3 Å². The van der Waals surface area contributed by atoms with Crippen molar-refractivity contribution in [2.75, 3.05) is 13.2 Å². The highest BCUT2D eigenvalue weighted by atomic mass is 16.5. The molecule has 2 N–H and O–H groups in total. The quantitative estimate of drug-likeness (QED) is 0.693. The van der Waals surface area contributed by atoms with Gasteiger partial charge in [-0.1, -0.05) is 12.8 Å². The number of carboxylic acids is 1. The zero-order valence-corrected chi connectivity index (χ0v) is 9.72. The van der Waals surface area contributed by atoms with E-state index in [1.54, 1.807) is 0 Å². The summed E-state index contributed by atoms with van der Waals surface area (Å²) in [6.07, 6.45) is 2.35. The van der Waals surface area contributed by atoms with Gasteiger partial charge in [0.2, 0.25) is 0 Å². The molecule has 5 heteroatoms. The maximum absolute atomic E-state index is 12.0. The third-order valence-corrected chi connectivity index (χ3v) is 4.04. The van der Waals surface area contributed by atoms with E-state index in [1.807, 2.05) is 0 Å². The molecule has 96 valence electrons. The van der Waals surface area contributed by atoms with Crippen molar-refractivity contribution in [3.8, 4) is 0 Å². The number of ketones is 1. The predicted molar refractivity (Wildman–Crippen MR) is 58.5 cm³/mol. The van der Waals surface area contributed by atoms with Gasteiger partial charge in [-0.25, -0.2) is 0 Å². The Balaban J connectivity index is 2.32. The van der Waals surface area contributed by atoms with Crippen LogP contribution in [0.4, 0.5) is 0 Å². The molecule has 0 bridgehead atoms. The number of hydrogen-bond donors (Lipinski definition) is 2. The fraction of sp³-hybridized carbons (Fsp3) is 0.833. The van der Waals surface area contributed by atoms with Gasteiger partial charge >= 0.3 is 5.97 Å². The number of rotatable bonds is 2. The van der Waals surface area contributed by atoms with Gasteiger partial charge in [-0.15, -0.1) is 0 Å². The van der Waals surface area contributed by atoms with Gasteiger partial charge in [0.05, 0.1) is 19.3 Å². The lowest BCUT2D eigenvalue weighted by Gasteiger charge is -2.42. The molecule has 1 saturated heterocycles. The van der Waals surface area contributed by atoms with Crippen LogP contribution < -0.4 is 0 Å². The largest absolute Gasteiger partial charge is 0.480 e. The minimum Gasteiger partial charge on any atom is -0.480 e. The van der Waals surface area contributed by atoms with E-state index in [9.17, 15) is 19.8 Å². The molecular formula is C12H18O5. The molecule has 0 aromatic carbocycles. The maximum atomic E-state index is 12.0. The number of Topliss-reactive ketones (excluding diaryl/α,β-unsaturated/α-hetero) is 1. The van der Waals surface area contributed by atoms with Gasteiger partial charge in [-0.2, -0.15) is 0 Å². The van der Waals surface area contributed by atoms with Crippen molar-refractivity contribution in [3.63, 3.8) is 0 Å². The number of aliphatic carboxylic acids is 1. The Morgan fingerprint density at radius 2 is 2.06 bits per heavy atom. The summed E-state index contributed by atoms with van der Waals surface area (Å²) in [6, 6.07) is 0. The lowest BCUT2D eigenvalue weighted by atomic mass is 9.64. The van der Waals surface area contributed by atoms with Crippen LogP contribution in [0.2, 0.25) is 0 Å². The molecule has 3 unspecified atom stereocenters. The van der Waals surface area contributed by atoms with E-state index in [-0.39, 0.29) is 25.4 Å². The topological polar surface area (TPSA) is 83.8 Å². The molecule has 3 atom stereocenters. The minimum atomic E-state index is -1.52. The molecule has 1 aliphatic carbocycles. The van der Waals surface area contributed by atoms with Crippen molar-refractivity contribution < 1.29 is 24.5 Å². The first kappa shape index (κ1) is 12.5. The number of carbonyl (C=O) groups is 2. The first-order valence-electron chi connectivity index (χ1n) is 6.11. The van der Waals surface area contributed by atoms with Gasteiger partial charge in [0, 0.05) is 12.3 Å². The monoisotopic (exact) mass is 242 g/mol. The summed E-state index contributed by atoms with van der Waals surface area (Å²) in [5, 5.41) is 19.4. The van der Waals surface area contributed by atoms with E-state index in [2.05, 4.69) is 0 Å². The summed E-state index contributed by atoms with van der Waals surface area (Å²) in [5.74, 6) is -1.93. The molecule has 5 nitrogen and oxygen atoms in total. The fourth-order valence-electron chi connectivity index (χ4n) is 3.04. The van der Waals surface area contributed by atoms with E-state index in [4.69, 9.17) is 4.74 Å². The number of ether oxygens (including phenoxy) is 1. The highest BCUT2D eigenvalue weighted by Crippen LogP contribution is 2.42. The molecule has 2 rings (SSSR count). The normalized spacial score (nSPS) is 39.0. The third kappa shape index (κ3) is 1.98. The van der Waals surface area contributed by atoms with Crippen LogP contribution >= 0.6 is 0 Å². The molecule has 0 amide bonds. The van der Waals surface area contributed by atoms with Crippen molar-refractivity contribution in [1.82, 2.24) is 0 Å². The van der Waals surface area contributed by atoms with Crippen LogP contribution in [0.15, 0.2) is 0 Å². The number of carbonyl (C=O) groups excluding carboxylic acids is 1. The zero-order chi connectivity index (χ0) is 12.5. The Labute approximate surface area is 99.8 Å². The SMILES string of the molecule is O=C(O)C1(C2CCCCC2O)COCCC1=O. The van der Waals surface area contributed by atoms with Gasteiger partial charge in [-0.05, 0) is 12.8 Å². The Bertz CT molecular complexity index is 327. The van der Waals surface area contributed by atoms with Crippen LogP contribution in [0.25, 0.3) is 0 Å². The molecular weight excluding hydrogens is 224 g/mol. The van der Waals surface area contributed by atoms with Crippen LogP contribution in [0, 0.1) is 11.3 Å². The Morgan fingerprint density at radius 3 is 2.65 bits per heavy atom. The highest BCUT2D eigenvalue weighted by molar-refractivity contribution is 6.04. The zero-order valence-electron chi connectivity index (χ0n) is 9.72. The van der Waals surface area contributed by atoms with Crippen molar-refractivity contribution in [1.29, 1.82) is 0 Å². The van der Waals surface area contributed by atoms with Crippen molar-refractivity contribution in [2.24, 2.45) is 11.3 Å². The van der Waals surface area contributed by atoms with E-state index in [1.165, 1.54) is 0 Å². The number of aliphatic hydroxyl groups is 1. The molecule has 0 aromatic rings. The van der Waals surface area contributed by atoms with Gasteiger partial charge in [-0.3, -0.25) is 9.59 Å². The van der Waals surface area contributed by atoms with Gasteiger partial charge in [0.1, 0.15) is 0 Å². The Hall–Kier alpha value is -0.940. The summed E-state index contributed by atoms with van der Waals surface area (Å²) >= 11 is 0. The minimum absolute atomic E-state index is 0.0944. The lowest BCUT2D eigenvalue weighted by Crippen LogP contribution is -2.56. The predicted octanol–water partition coefficient (Wildman–Crippen LogP) is 0.598. The van der Waals surface area contributed by atoms with Crippen LogP contribution in [-0.2, 0) is 14.3 Å². The van der Waals surface area contributed by atoms with E-state index < -0.39 is 23.4 Å². The summed E-state index contributed by atoms with van der Waals surface area (Å²) in [7, 11) is 0. The Kier molecular flexibility index (Phi) is 3.49. The van der Waals surface area contributed by atoms with Crippen LogP contribution in [0.5, 0.6) is 0 Å². The first-order valence-corrected chi connectivity index (χ1v) is 6.11. The maximum Gasteiger partial charge on any atom is 0.319 e. The summed E-state index contributed by atoms with van der Waals surface area (Å²) in [4.78, 5) is 23.6. The smallest absolute Gasteiger partial charge is 0.319 e. The molecule has 1 aliphatic heterocycles. The molecule has 0 spiro atoms. The van der Waals surface area contributed by atoms with Crippen molar-refractivity contribution in [2.45, 2.75) is 38.2 Å². The van der Waals surface area contributed by atoms with E-state index >= 15 is 0 Å². The average molecular weight is 242 g/mol. The molecule has 1 saturated carbocycles. The van der Waals surface area contributed by atoms with Crippen molar-refractivity contribution >= 4 is 11.8 Å². The summed E-state index contributed by atoms with van der Waals surface area (Å²) < 4.78 is 5.21. The Morgan fingerprint density at radius 1 is 1.35 bits per heavy atom. The van der Waals surface area contributed by atoms with Gasteiger partial charge in [0.15, 0.2) is 11.2 Å². The van der Waals surface area contributed by atoms with Gasteiger partial charge in [0.25, 0.3) is 0 Å². The summed E-state index contributed by atoms with van der Waals surface area (Å²) in [5.41, 5.74) is -1.52. The van der Waals surface area contributed by atoms with Crippen molar-refractivity contribution in [3.05, 3.63) is 0 Å². The van der Waals surface area contributed by atoms with Crippen LogP contribution in [0.3, 0.4) is 0 Å². The molecule has 0 aromatic heterocycles.